The predicted molar refractivity (Wildman–Crippen MR) is 57.7 cm³/mol. The van der Waals surface area contributed by atoms with Crippen LogP contribution in [0.3, 0.4) is 0 Å². The van der Waals surface area contributed by atoms with Gasteiger partial charge in [0, 0.05) is 5.33 Å². The van der Waals surface area contributed by atoms with E-state index in [0.717, 1.165) is 11.8 Å². The summed E-state index contributed by atoms with van der Waals surface area (Å²) in [4.78, 5) is 0. The van der Waals surface area contributed by atoms with Gasteiger partial charge in [-0.3, -0.25) is 0 Å². The van der Waals surface area contributed by atoms with Gasteiger partial charge >= 0.3 is 0 Å². The summed E-state index contributed by atoms with van der Waals surface area (Å²) in [6.45, 7) is 4.55. The topological polar surface area (TPSA) is 0 Å². The van der Waals surface area contributed by atoms with Crippen molar-refractivity contribution < 1.29 is 0 Å². The first-order valence-electron chi connectivity index (χ1n) is 4.24. The number of hydrogen-bond acceptors (Lipinski definition) is 0. The molecular weight excluding hydrogens is 212 g/mol. The van der Waals surface area contributed by atoms with Crippen molar-refractivity contribution in [3.05, 3.63) is 35.9 Å². The minimum atomic E-state index is 0.362. The standard InChI is InChI=1S/C11H15Br/c1-11(2,9-12)8-10-6-4-3-5-7-10/h3-7H,8-9H2,1-2H3. The molecule has 0 N–H and O–H groups in total. The molecule has 1 aromatic rings. The summed E-state index contributed by atoms with van der Waals surface area (Å²) in [7, 11) is 0. The molecule has 1 heteroatoms. The minimum Gasteiger partial charge on any atom is -0.0922 e. The molecule has 1 rings (SSSR count). The van der Waals surface area contributed by atoms with E-state index in [1.807, 2.05) is 0 Å². The second-order valence-corrected chi connectivity index (χ2v) is 4.52. The Morgan fingerprint density at radius 2 is 1.75 bits per heavy atom. The largest absolute Gasteiger partial charge is 0.0922 e. The second kappa shape index (κ2) is 4.08. The summed E-state index contributed by atoms with van der Waals surface area (Å²) < 4.78 is 0. The van der Waals surface area contributed by atoms with Crippen LogP contribution in [0.25, 0.3) is 0 Å². The average molecular weight is 227 g/mol. The van der Waals surface area contributed by atoms with E-state index in [1.54, 1.807) is 0 Å². The Bertz CT molecular complexity index is 226. The Morgan fingerprint density at radius 3 is 2.25 bits per heavy atom. The number of halogens is 1. The van der Waals surface area contributed by atoms with Crippen molar-refractivity contribution in [3.63, 3.8) is 0 Å². The van der Waals surface area contributed by atoms with E-state index >= 15 is 0 Å². The lowest BCUT2D eigenvalue weighted by molar-refractivity contribution is 0.425. The molecule has 0 spiro atoms. The van der Waals surface area contributed by atoms with Crippen LogP contribution in [0.4, 0.5) is 0 Å². The van der Waals surface area contributed by atoms with E-state index in [1.165, 1.54) is 5.56 Å². The van der Waals surface area contributed by atoms with Crippen molar-refractivity contribution in [1.82, 2.24) is 0 Å². The van der Waals surface area contributed by atoms with Gasteiger partial charge in [-0.1, -0.05) is 60.1 Å². The molecule has 0 aliphatic heterocycles. The first kappa shape index (κ1) is 9.79. The fraction of sp³-hybridized carbons (Fsp3) is 0.455. The molecule has 0 nitrogen and oxygen atoms in total. The molecule has 0 radical (unpaired) electrons. The third kappa shape index (κ3) is 2.98. The zero-order chi connectivity index (χ0) is 9.03. The lowest BCUT2D eigenvalue weighted by Gasteiger charge is -2.21. The average Bonchev–Trinajstić information content (AvgIpc) is 2.06. The van der Waals surface area contributed by atoms with Crippen LogP contribution in [-0.2, 0) is 6.42 Å². The van der Waals surface area contributed by atoms with Gasteiger partial charge in [0.25, 0.3) is 0 Å². The van der Waals surface area contributed by atoms with E-state index in [4.69, 9.17) is 0 Å². The summed E-state index contributed by atoms with van der Waals surface area (Å²) in [6.07, 6.45) is 1.14. The summed E-state index contributed by atoms with van der Waals surface area (Å²) in [5.74, 6) is 0. The predicted octanol–water partition coefficient (Wildman–Crippen LogP) is 3.65. The first-order chi connectivity index (χ1) is 5.64. The molecule has 12 heavy (non-hydrogen) atoms. The van der Waals surface area contributed by atoms with Crippen molar-refractivity contribution in [3.8, 4) is 0 Å². The van der Waals surface area contributed by atoms with E-state index in [0.29, 0.717) is 5.41 Å². The van der Waals surface area contributed by atoms with Crippen LogP contribution in [0.2, 0.25) is 0 Å². The number of alkyl halides is 1. The fourth-order valence-electron chi connectivity index (χ4n) is 1.20. The highest BCUT2D eigenvalue weighted by atomic mass is 79.9. The zero-order valence-corrected chi connectivity index (χ0v) is 9.26. The second-order valence-electron chi connectivity index (χ2n) is 3.96. The van der Waals surface area contributed by atoms with Gasteiger partial charge in [0.15, 0.2) is 0 Å². The maximum absolute atomic E-state index is 3.53. The Hall–Kier alpha value is -0.300. The lowest BCUT2D eigenvalue weighted by Crippen LogP contribution is -2.16. The highest BCUT2D eigenvalue weighted by Gasteiger charge is 2.15. The van der Waals surface area contributed by atoms with Crippen molar-refractivity contribution in [2.75, 3.05) is 5.33 Å². The normalized spacial score (nSPS) is 11.6. The molecule has 0 saturated heterocycles. The fourth-order valence-corrected chi connectivity index (χ4v) is 1.39. The van der Waals surface area contributed by atoms with Gasteiger partial charge in [0.05, 0.1) is 0 Å². The van der Waals surface area contributed by atoms with E-state index in [2.05, 4.69) is 60.1 Å². The van der Waals surface area contributed by atoms with Crippen LogP contribution in [0.15, 0.2) is 30.3 Å². The van der Waals surface area contributed by atoms with Gasteiger partial charge in [-0.15, -0.1) is 0 Å². The third-order valence-corrected chi connectivity index (χ3v) is 3.41. The molecule has 0 fully saturated rings. The summed E-state index contributed by atoms with van der Waals surface area (Å²) in [5.41, 5.74) is 1.78. The third-order valence-electron chi connectivity index (χ3n) is 1.89. The Balaban J connectivity index is 2.64. The molecular formula is C11H15Br. The summed E-state index contributed by atoms with van der Waals surface area (Å²) in [6, 6.07) is 10.6. The maximum atomic E-state index is 3.53. The van der Waals surface area contributed by atoms with Gasteiger partial charge in [-0.25, -0.2) is 0 Å². The van der Waals surface area contributed by atoms with Crippen LogP contribution in [-0.4, -0.2) is 5.33 Å². The van der Waals surface area contributed by atoms with Crippen molar-refractivity contribution >= 4 is 15.9 Å². The van der Waals surface area contributed by atoms with Crippen molar-refractivity contribution in [2.45, 2.75) is 20.3 Å². The smallest absolute Gasteiger partial charge is 0.00858 e. The molecule has 0 aliphatic carbocycles. The van der Waals surface area contributed by atoms with Gasteiger partial charge in [-0.05, 0) is 17.4 Å². The molecule has 0 bridgehead atoms. The van der Waals surface area contributed by atoms with Crippen LogP contribution < -0.4 is 0 Å². The SMILES string of the molecule is CC(C)(CBr)Cc1ccccc1. The molecule has 1 aromatic carbocycles. The highest BCUT2D eigenvalue weighted by molar-refractivity contribution is 9.09. The molecule has 0 heterocycles. The monoisotopic (exact) mass is 226 g/mol. The van der Waals surface area contributed by atoms with Gasteiger partial charge in [0.1, 0.15) is 0 Å². The van der Waals surface area contributed by atoms with Crippen LogP contribution in [0, 0.1) is 5.41 Å². The molecule has 0 amide bonds. The molecule has 0 unspecified atom stereocenters. The lowest BCUT2D eigenvalue weighted by atomic mass is 9.88. The number of hydrogen-bond donors (Lipinski definition) is 0. The van der Waals surface area contributed by atoms with Crippen LogP contribution in [0.1, 0.15) is 19.4 Å². The Morgan fingerprint density at radius 1 is 1.17 bits per heavy atom. The minimum absolute atomic E-state index is 0.362. The van der Waals surface area contributed by atoms with Crippen molar-refractivity contribution in [2.24, 2.45) is 5.41 Å². The summed E-state index contributed by atoms with van der Waals surface area (Å²) >= 11 is 3.53. The maximum Gasteiger partial charge on any atom is 0.00858 e. The Kier molecular flexibility index (Phi) is 3.33. The van der Waals surface area contributed by atoms with Gasteiger partial charge in [-0.2, -0.15) is 0 Å². The van der Waals surface area contributed by atoms with E-state index in [-0.39, 0.29) is 0 Å². The zero-order valence-electron chi connectivity index (χ0n) is 7.68. The van der Waals surface area contributed by atoms with Crippen molar-refractivity contribution in [1.29, 1.82) is 0 Å². The van der Waals surface area contributed by atoms with E-state index < -0.39 is 0 Å². The van der Waals surface area contributed by atoms with Crippen LogP contribution >= 0.6 is 15.9 Å². The summed E-state index contributed by atoms with van der Waals surface area (Å²) in [5, 5.41) is 1.05. The van der Waals surface area contributed by atoms with Crippen LogP contribution in [0.5, 0.6) is 0 Å². The first-order valence-corrected chi connectivity index (χ1v) is 5.36. The number of benzene rings is 1. The number of rotatable bonds is 3. The molecule has 0 aromatic heterocycles. The molecule has 0 saturated carbocycles. The Labute approximate surface area is 83.1 Å². The van der Waals surface area contributed by atoms with Gasteiger partial charge in [0.2, 0.25) is 0 Å². The quantitative estimate of drug-likeness (QED) is 0.691. The highest BCUT2D eigenvalue weighted by Crippen LogP contribution is 2.23. The van der Waals surface area contributed by atoms with Gasteiger partial charge < -0.3 is 0 Å². The molecule has 0 aliphatic rings. The molecule has 66 valence electrons. The molecule has 0 atom stereocenters. The van der Waals surface area contributed by atoms with E-state index in [9.17, 15) is 0 Å².